The number of alkyl halides is 1. The third-order valence-corrected chi connectivity index (χ3v) is 4.01. The third-order valence-electron chi connectivity index (χ3n) is 2.85. The Kier molecular flexibility index (Phi) is 3.32. The summed E-state index contributed by atoms with van der Waals surface area (Å²) in [5, 5.41) is 0. The molecule has 1 fully saturated rings. The lowest BCUT2D eigenvalue weighted by atomic mass is 9.93. The first-order valence-corrected chi connectivity index (χ1v) is 6.46. The van der Waals surface area contributed by atoms with Crippen LogP contribution in [-0.2, 0) is 12.1 Å². The fraction of sp³-hybridized carbons (Fsp3) is 0.500. The van der Waals surface area contributed by atoms with Crippen LogP contribution in [0.5, 0.6) is 0 Å². The molecule has 2 N–H and O–H groups in total. The van der Waals surface area contributed by atoms with Crippen LogP contribution in [-0.4, -0.2) is 18.1 Å². The summed E-state index contributed by atoms with van der Waals surface area (Å²) in [5.74, 6) is 1.52. The zero-order chi connectivity index (χ0) is 10.7. The van der Waals surface area contributed by atoms with E-state index in [4.69, 9.17) is 5.73 Å². The van der Waals surface area contributed by atoms with Crippen molar-refractivity contribution < 1.29 is 4.39 Å². The van der Waals surface area contributed by atoms with Crippen molar-refractivity contribution in [2.45, 2.75) is 18.5 Å². The third kappa shape index (κ3) is 2.34. The second-order valence-electron chi connectivity index (χ2n) is 4.01. The first-order valence-electron chi connectivity index (χ1n) is 5.31. The standard InChI is InChI=1S/C12H16FNS/c13-12(5-7-15-9-12)11-3-1-2-10(8-11)4-6-14/h1-3,8H,4-7,9,14H2. The smallest absolute Gasteiger partial charge is 0.145 e. The van der Waals surface area contributed by atoms with E-state index in [1.165, 1.54) is 0 Å². The van der Waals surface area contributed by atoms with Crippen molar-refractivity contribution in [1.29, 1.82) is 0 Å². The Morgan fingerprint density at radius 1 is 1.47 bits per heavy atom. The van der Waals surface area contributed by atoms with Crippen molar-refractivity contribution in [3.63, 3.8) is 0 Å². The minimum absolute atomic E-state index is 0.596. The monoisotopic (exact) mass is 225 g/mol. The number of rotatable bonds is 3. The van der Waals surface area contributed by atoms with Crippen LogP contribution in [0.4, 0.5) is 4.39 Å². The van der Waals surface area contributed by atoms with Crippen LogP contribution < -0.4 is 5.73 Å². The summed E-state index contributed by atoms with van der Waals surface area (Å²) in [6.45, 7) is 0.623. The van der Waals surface area contributed by atoms with E-state index in [2.05, 4.69) is 0 Å². The molecule has 0 aromatic heterocycles. The normalized spacial score (nSPS) is 25.7. The molecule has 1 unspecified atom stereocenters. The molecule has 0 aliphatic carbocycles. The summed E-state index contributed by atoms with van der Waals surface area (Å²) < 4.78 is 14.4. The Labute approximate surface area is 94.2 Å². The lowest BCUT2D eigenvalue weighted by molar-refractivity contribution is 0.202. The number of hydrogen-bond donors (Lipinski definition) is 1. The molecule has 1 aromatic carbocycles. The summed E-state index contributed by atoms with van der Waals surface area (Å²) in [7, 11) is 0. The van der Waals surface area contributed by atoms with Gasteiger partial charge in [-0.2, -0.15) is 11.8 Å². The molecule has 0 saturated carbocycles. The van der Waals surface area contributed by atoms with Crippen LogP contribution in [0.1, 0.15) is 17.5 Å². The van der Waals surface area contributed by atoms with Gasteiger partial charge in [0, 0.05) is 5.75 Å². The topological polar surface area (TPSA) is 26.0 Å². The van der Waals surface area contributed by atoms with E-state index in [-0.39, 0.29) is 0 Å². The van der Waals surface area contributed by atoms with Gasteiger partial charge in [0.05, 0.1) is 0 Å². The molecule has 1 aliphatic rings. The summed E-state index contributed by atoms with van der Waals surface area (Å²) in [5.41, 5.74) is 6.37. The largest absolute Gasteiger partial charge is 0.330 e. The second-order valence-corrected chi connectivity index (χ2v) is 5.11. The highest BCUT2D eigenvalue weighted by Crippen LogP contribution is 2.40. The number of halogens is 1. The van der Waals surface area contributed by atoms with E-state index in [1.807, 2.05) is 24.3 Å². The average molecular weight is 225 g/mol. The number of benzene rings is 1. The van der Waals surface area contributed by atoms with Crippen LogP contribution in [0.15, 0.2) is 24.3 Å². The van der Waals surface area contributed by atoms with Gasteiger partial charge in [-0.05, 0) is 36.3 Å². The van der Waals surface area contributed by atoms with Gasteiger partial charge in [0.15, 0.2) is 0 Å². The molecule has 1 heterocycles. The molecule has 15 heavy (non-hydrogen) atoms. The molecule has 3 heteroatoms. The predicted octanol–water partition coefficient (Wildman–Crippen LogP) is 2.49. The van der Waals surface area contributed by atoms with Gasteiger partial charge in [0.1, 0.15) is 5.67 Å². The number of nitrogens with two attached hydrogens (primary N) is 1. The van der Waals surface area contributed by atoms with Crippen molar-refractivity contribution in [3.8, 4) is 0 Å². The summed E-state index contributed by atoms with van der Waals surface area (Å²) in [6, 6.07) is 7.82. The van der Waals surface area contributed by atoms with Crippen LogP contribution in [0.3, 0.4) is 0 Å². The van der Waals surface area contributed by atoms with Gasteiger partial charge in [0.25, 0.3) is 0 Å². The molecule has 0 spiro atoms. The highest BCUT2D eigenvalue weighted by molar-refractivity contribution is 7.99. The Morgan fingerprint density at radius 3 is 3.00 bits per heavy atom. The predicted molar refractivity (Wildman–Crippen MR) is 63.9 cm³/mol. The quantitative estimate of drug-likeness (QED) is 0.855. The van der Waals surface area contributed by atoms with Crippen LogP contribution >= 0.6 is 11.8 Å². The Bertz CT molecular complexity index is 334. The van der Waals surface area contributed by atoms with Crippen molar-refractivity contribution in [1.82, 2.24) is 0 Å². The fourth-order valence-electron chi connectivity index (χ4n) is 1.94. The van der Waals surface area contributed by atoms with Crippen LogP contribution in [0.25, 0.3) is 0 Å². The number of hydrogen-bond acceptors (Lipinski definition) is 2. The molecule has 82 valence electrons. The second kappa shape index (κ2) is 4.54. The van der Waals surface area contributed by atoms with E-state index in [0.717, 1.165) is 23.3 Å². The lowest BCUT2D eigenvalue weighted by Crippen LogP contribution is -2.19. The molecular formula is C12H16FNS. The molecule has 0 amide bonds. The minimum Gasteiger partial charge on any atom is -0.330 e. The molecule has 1 saturated heterocycles. The summed E-state index contributed by atoms with van der Waals surface area (Å²) >= 11 is 1.70. The maximum absolute atomic E-state index is 14.4. The van der Waals surface area contributed by atoms with Gasteiger partial charge in [-0.15, -0.1) is 0 Å². The van der Waals surface area contributed by atoms with Crippen LogP contribution in [0, 0.1) is 0 Å². The van der Waals surface area contributed by atoms with Gasteiger partial charge in [-0.1, -0.05) is 24.3 Å². The zero-order valence-corrected chi connectivity index (χ0v) is 9.52. The Balaban J connectivity index is 2.23. The average Bonchev–Trinajstić information content (AvgIpc) is 2.68. The number of thioether (sulfide) groups is 1. The minimum atomic E-state index is -1.10. The molecule has 2 rings (SSSR count). The molecular weight excluding hydrogens is 209 g/mol. The van der Waals surface area contributed by atoms with Gasteiger partial charge in [0.2, 0.25) is 0 Å². The SMILES string of the molecule is NCCc1cccc(C2(F)CCSC2)c1. The van der Waals surface area contributed by atoms with E-state index < -0.39 is 5.67 Å². The highest BCUT2D eigenvalue weighted by Gasteiger charge is 2.36. The first kappa shape index (κ1) is 11.0. The lowest BCUT2D eigenvalue weighted by Gasteiger charge is -2.19. The van der Waals surface area contributed by atoms with Crippen LogP contribution in [0.2, 0.25) is 0 Å². The van der Waals surface area contributed by atoms with Gasteiger partial charge in [-0.3, -0.25) is 0 Å². The Hall–Kier alpha value is -0.540. The van der Waals surface area contributed by atoms with Crippen molar-refractivity contribution in [2.75, 3.05) is 18.1 Å². The van der Waals surface area contributed by atoms with Gasteiger partial charge >= 0.3 is 0 Å². The molecule has 1 nitrogen and oxygen atoms in total. The summed E-state index contributed by atoms with van der Waals surface area (Å²) in [6.07, 6.45) is 1.47. The molecule has 1 aliphatic heterocycles. The molecule has 0 radical (unpaired) electrons. The van der Waals surface area contributed by atoms with E-state index in [1.54, 1.807) is 11.8 Å². The molecule has 1 atom stereocenters. The maximum atomic E-state index is 14.4. The van der Waals surface area contributed by atoms with Crippen molar-refractivity contribution in [2.24, 2.45) is 5.73 Å². The van der Waals surface area contributed by atoms with Crippen molar-refractivity contribution in [3.05, 3.63) is 35.4 Å². The van der Waals surface area contributed by atoms with Crippen molar-refractivity contribution >= 4 is 11.8 Å². The molecule has 0 bridgehead atoms. The molecule has 1 aromatic rings. The maximum Gasteiger partial charge on any atom is 0.145 e. The zero-order valence-electron chi connectivity index (χ0n) is 8.71. The van der Waals surface area contributed by atoms with Gasteiger partial charge in [-0.25, -0.2) is 4.39 Å². The Morgan fingerprint density at radius 2 is 2.33 bits per heavy atom. The fourth-order valence-corrected chi connectivity index (χ4v) is 3.19. The van der Waals surface area contributed by atoms with E-state index >= 15 is 0 Å². The van der Waals surface area contributed by atoms with E-state index in [9.17, 15) is 4.39 Å². The first-order chi connectivity index (χ1) is 7.24. The van der Waals surface area contributed by atoms with Gasteiger partial charge < -0.3 is 5.73 Å². The highest BCUT2D eigenvalue weighted by atomic mass is 32.2. The summed E-state index contributed by atoms with van der Waals surface area (Å²) in [4.78, 5) is 0. The van der Waals surface area contributed by atoms with E-state index in [0.29, 0.717) is 18.7 Å².